The lowest BCUT2D eigenvalue weighted by Crippen LogP contribution is -2.12. The summed E-state index contributed by atoms with van der Waals surface area (Å²) >= 11 is 0.841. The normalized spacial score (nSPS) is 11.0. The Balaban J connectivity index is 2.18. The Hall–Kier alpha value is -2.46. The molecular formula is C12H12N4O4S2. The maximum absolute atomic E-state index is 12.2. The van der Waals surface area contributed by atoms with Crippen LogP contribution in [0.25, 0.3) is 0 Å². The van der Waals surface area contributed by atoms with E-state index in [1.54, 1.807) is 0 Å². The fourth-order valence-corrected chi connectivity index (χ4v) is 3.49. The van der Waals surface area contributed by atoms with Crippen molar-refractivity contribution in [3.05, 3.63) is 35.5 Å². The quantitative estimate of drug-likeness (QED) is 0.747. The molecule has 22 heavy (non-hydrogen) atoms. The van der Waals surface area contributed by atoms with E-state index in [-0.39, 0.29) is 20.8 Å². The van der Waals surface area contributed by atoms with E-state index in [1.807, 2.05) is 0 Å². The molecule has 0 aliphatic rings. The predicted octanol–water partition coefficient (Wildman–Crippen LogP) is 1.00. The van der Waals surface area contributed by atoms with E-state index < -0.39 is 15.9 Å². The van der Waals surface area contributed by atoms with Crippen molar-refractivity contribution < 1.29 is 18.0 Å². The van der Waals surface area contributed by atoms with Gasteiger partial charge in [-0.05, 0) is 24.3 Å². The lowest BCUT2D eigenvalue weighted by molar-refractivity contribution is -0.114. The molecule has 1 aromatic heterocycles. The number of benzene rings is 1. The molecule has 8 nitrogen and oxygen atoms in total. The molecule has 1 heterocycles. The van der Waals surface area contributed by atoms with Crippen LogP contribution in [0.3, 0.4) is 0 Å². The van der Waals surface area contributed by atoms with Gasteiger partial charge in [0.15, 0.2) is 5.01 Å². The van der Waals surface area contributed by atoms with Gasteiger partial charge in [0.05, 0.1) is 11.1 Å². The minimum absolute atomic E-state index is 0.00984. The predicted molar refractivity (Wildman–Crippen MR) is 82.2 cm³/mol. The van der Waals surface area contributed by atoms with Gasteiger partial charge in [0.1, 0.15) is 5.00 Å². The molecule has 0 aliphatic heterocycles. The van der Waals surface area contributed by atoms with E-state index in [4.69, 9.17) is 5.73 Å². The van der Waals surface area contributed by atoms with Crippen molar-refractivity contribution in [2.75, 3.05) is 10.0 Å². The average molecular weight is 340 g/mol. The first kappa shape index (κ1) is 15.9. The summed E-state index contributed by atoms with van der Waals surface area (Å²) in [5, 5.41) is 2.73. The SMILES string of the molecule is CC(=O)Nc1ccc(S(=O)(=O)Nc2cnc(C(N)=O)s2)cc1. The van der Waals surface area contributed by atoms with Crippen molar-refractivity contribution in [1.82, 2.24) is 4.98 Å². The van der Waals surface area contributed by atoms with E-state index >= 15 is 0 Å². The van der Waals surface area contributed by atoms with Gasteiger partial charge in [0.2, 0.25) is 5.91 Å². The lowest BCUT2D eigenvalue weighted by atomic mass is 10.3. The fraction of sp³-hybridized carbons (Fsp3) is 0.0833. The standard InChI is InChI=1S/C12H12N4O4S2/c1-7(17)15-8-2-4-9(5-3-8)22(19,20)16-10-6-14-12(21-10)11(13)18/h2-6,16H,1H3,(H2,13,18)(H,15,17). The summed E-state index contributed by atoms with van der Waals surface area (Å²) in [5.74, 6) is -0.979. The Labute approximate surface area is 130 Å². The zero-order chi connectivity index (χ0) is 16.3. The molecule has 0 atom stereocenters. The smallest absolute Gasteiger partial charge is 0.277 e. The third-order valence-corrected chi connectivity index (χ3v) is 4.87. The molecule has 0 saturated heterocycles. The van der Waals surface area contributed by atoms with Crippen LogP contribution in [0.5, 0.6) is 0 Å². The Bertz CT molecular complexity index is 812. The molecule has 4 N–H and O–H groups in total. The number of rotatable bonds is 5. The number of carbonyl (C=O) groups excluding carboxylic acids is 2. The molecular weight excluding hydrogens is 328 g/mol. The highest BCUT2D eigenvalue weighted by molar-refractivity contribution is 7.93. The van der Waals surface area contributed by atoms with Crippen LogP contribution in [0.4, 0.5) is 10.7 Å². The third-order valence-electron chi connectivity index (χ3n) is 2.44. The monoisotopic (exact) mass is 340 g/mol. The number of carbonyl (C=O) groups is 2. The minimum Gasteiger partial charge on any atom is -0.364 e. The highest BCUT2D eigenvalue weighted by atomic mass is 32.2. The fourth-order valence-electron chi connectivity index (χ4n) is 1.55. The molecule has 10 heteroatoms. The number of thiazole rings is 1. The van der Waals surface area contributed by atoms with Gasteiger partial charge < -0.3 is 11.1 Å². The van der Waals surface area contributed by atoms with Gasteiger partial charge in [-0.15, -0.1) is 0 Å². The van der Waals surface area contributed by atoms with E-state index in [0.717, 1.165) is 11.3 Å². The molecule has 0 saturated carbocycles. The van der Waals surface area contributed by atoms with E-state index in [2.05, 4.69) is 15.0 Å². The zero-order valence-electron chi connectivity index (χ0n) is 11.4. The molecule has 0 fully saturated rings. The topological polar surface area (TPSA) is 131 Å². The van der Waals surface area contributed by atoms with E-state index in [1.165, 1.54) is 37.4 Å². The maximum Gasteiger partial charge on any atom is 0.277 e. The number of aromatic nitrogens is 1. The van der Waals surface area contributed by atoms with Crippen LogP contribution in [0.2, 0.25) is 0 Å². The first-order valence-corrected chi connectivity index (χ1v) is 8.24. The van der Waals surface area contributed by atoms with Crippen LogP contribution < -0.4 is 15.8 Å². The van der Waals surface area contributed by atoms with Crippen LogP contribution in [-0.2, 0) is 14.8 Å². The van der Waals surface area contributed by atoms with Crippen LogP contribution >= 0.6 is 11.3 Å². The number of nitrogens with two attached hydrogens (primary N) is 1. The van der Waals surface area contributed by atoms with Crippen molar-refractivity contribution >= 4 is 43.9 Å². The van der Waals surface area contributed by atoms with Crippen LogP contribution in [-0.4, -0.2) is 25.2 Å². The maximum atomic E-state index is 12.2. The zero-order valence-corrected chi connectivity index (χ0v) is 13.0. The van der Waals surface area contributed by atoms with Crippen molar-refractivity contribution in [2.45, 2.75) is 11.8 Å². The van der Waals surface area contributed by atoms with E-state index in [0.29, 0.717) is 5.69 Å². The number of amides is 2. The largest absolute Gasteiger partial charge is 0.364 e. The van der Waals surface area contributed by atoms with Crippen LogP contribution in [0.15, 0.2) is 35.4 Å². The second kappa shape index (κ2) is 6.12. The summed E-state index contributed by atoms with van der Waals surface area (Å²) in [6, 6.07) is 5.64. The van der Waals surface area contributed by atoms with Crippen molar-refractivity contribution in [1.29, 1.82) is 0 Å². The van der Waals surface area contributed by atoms with Gasteiger partial charge >= 0.3 is 0 Å². The molecule has 0 spiro atoms. The first-order valence-electron chi connectivity index (χ1n) is 5.94. The Kier molecular flexibility index (Phi) is 4.43. The number of primary amides is 1. The average Bonchev–Trinajstić information content (AvgIpc) is 2.86. The van der Waals surface area contributed by atoms with Crippen molar-refractivity contribution in [3.63, 3.8) is 0 Å². The van der Waals surface area contributed by atoms with Gasteiger partial charge in [0, 0.05) is 12.6 Å². The van der Waals surface area contributed by atoms with Gasteiger partial charge in [-0.2, -0.15) is 0 Å². The minimum atomic E-state index is -3.82. The number of nitrogens with one attached hydrogen (secondary N) is 2. The third kappa shape index (κ3) is 3.80. The summed E-state index contributed by atoms with van der Waals surface area (Å²) in [7, 11) is -3.82. The second-order valence-corrected chi connectivity index (χ2v) is 6.92. The Morgan fingerprint density at radius 2 is 1.86 bits per heavy atom. The Morgan fingerprint density at radius 3 is 2.36 bits per heavy atom. The number of anilines is 2. The molecule has 2 aromatic rings. The van der Waals surface area contributed by atoms with Crippen LogP contribution in [0, 0.1) is 0 Å². The van der Waals surface area contributed by atoms with Gasteiger partial charge in [-0.3, -0.25) is 14.3 Å². The van der Waals surface area contributed by atoms with Crippen molar-refractivity contribution in [3.8, 4) is 0 Å². The molecule has 0 radical (unpaired) electrons. The lowest BCUT2D eigenvalue weighted by Gasteiger charge is -2.07. The molecule has 2 amide bonds. The molecule has 116 valence electrons. The molecule has 1 aromatic carbocycles. The summed E-state index contributed by atoms with van der Waals surface area (Å²) < 4.78 is 26.7. The summed E-state index contributed by atoms with van der Waals surface area (Å²) in [4.78, 5) is 25.6. The number of sulfonamides is 1. The highest BCUT2D eigenvalue weighted by Gasteiger charge is 2.16. The van der Waals surface area contributed by atoms with E-state index in [9.17, 15) is 18.0 Å². The number of hydrogen-bond donors (Lipinski definition) is 3. The van der Waals surface area contributed by atoms with Gasteiger partial charge in [0.25, 0.3) is 15.9 Å². The van der Waals surface area contributed by atoms with Crippen molar-refractivity contribution in [2.24, 2.45) is 5.73 Å². The molecule has 2 rings (SSSR count). The van der Waals surface area contributed by atoms with Gasteiger partial charge in [-0.1, -0.05) is 11.3 Å². The second-order valence-electron chi connectivity index (χ2n) is 4.20. The molecule has 0 unspecified atom stereocenters. The number of hydrogen-bond acceptors (Lipinski definition) is 6. The van der Waals surface area contributed by atoms with Crippen LogP contribution in [0.1, 0.15) is 16.7 Å². The first-order chi connectivity index (χ1) is 10.3. The Morgan fingerprint density at radius 1 is 1.23 bits per heavy atom. The highest BCUT2D eigenvalue weighted by Crippen LogP contribution is 2.23. The summed E-state index contributed by atoms with van der Waals surface area (Å²) in [6.45, 7) is 1.35. The molecule has 0 bridgehead atoms. The summed E-state index contributed by atoms with van der Waals surface area (Å²) in [6.07, 6.45) is 1.22. The molecule has 0 aliphatic carbocycles. The number of nitrogens with zero attached hydrogens (tertiary/aromatic N) is 1. The summed E-state index contributed by atoms with van der Waals surface area (Å²) in [5.41, 5.74) is 5.54. The van der Waals surface area contributed by atoms with Gasteiger partial charge in [-0.25, -0.2) is 13.4 Å².